The van der Waals surface area contributed by atoms with Crippen molar-refractivity contribution in [3.63, 3.8) is 0 Å². The molecular weight excluding hydrogens is 330 g/mol. The van der Waals surface area contributed by atoms with Gasteiger partial charge >= 0.3 is 0 Å². The molecule has 19 heavy (non-hydrogen) atoms. The van der Waals surface area contributed by atoms with E-state index in [4.69, 9.17) is 5.11 Å². The maximum absolute atomic E-state index is 12.1. The summed E-state index contributed by atoms with van der Waals surface area (Å²) in [5, 5.41) is 9.16. The lowest BCUT2D eigenvalue weighted by atomic mass is 10.2. The molecule has 0 aliphatic heterocycles. The van der Waals surface area contributed by atoms with Crippen molar-refractivity contribution in [1.29, 1.82) is 0 Å². The molecule has 100 valence electrons. The first kappa shape index (κ1) is 13.9. The quantitative estimate of drug-likeness (QED) is 0.900. The largest absolute Gasteiger partial charge is 0.508 e. The number of hydrogen-bond donors (Lipinski definition) is 2. The Labute approximate surface area is 120 Å². The van der Waals surface area contributed by atoms with Crippen LogP contribution in [-0.4, -0.2) is 13.5 Å². The standard InChI is InChI=1S/C13H12BrNO3S/c1-9-8-10(2-7-13(9)14)15-19(17,18)12-5-3-11(16)4-6-12/h2-8,15-16H,1H3. The Bertz CT molecular complexity index is 696. The molecule has 0 atom stereocenters. The number of aromatic hydroxyl groups is 1. The summed E-state index contributed by atoms with van der Waals surface area (Å²) >= 11 is 3.36. The SMILES string of the molecule is Cc1cc(NS(=O)(=O)c2ccc(O)cc2)ccc1Br. The Kier molecular flexibility index (Phi) is 3.82. The molecular formula is C13H12BrNO3S. The maximum atomic E-state index is 12.1. The van der Waals surface area contributed by atoms with Gasteiger partial charge in [0.05, 0.1) is 4.90 Å². The van der Waals surface area contributed by atoms with Gasteiger partial charge in [-0.25, -0.2) is 8.42 Å². The van der Waals surface area contributed by atoms with Gasteiger partial charge in [-0.15, -0.1) is 0 Å². The maximum Gasteiger partial charge on any atom is 0.261 e. The Morgan fingerprint density at radius 1 is 1.11 bits per heavy atom. The van der Waals surface area contributed by atoms with Gasteiger partial charge in [0.25, 0.3) is 10.0 Å². The molecule has 0 spiro atoms. The van der Waals surface area contributed by atoms with Crippen LogP contribution in [0.2, 0.25) is 0 Å². The summed E-state index contributed by atoms with van der Waals surface area (Å²) in [6.07, 6.45) is 0. The summed E-state index contributed by atoms with van der Waals surface area (Å²) in [6.45, 7) is 1.88. The Balaban J connectivity index is 2.30. The summed E-state index contributed by atoms with van der Waals surface area (Å²) in [6, 6.07) is 10.6. The van der Waals surface area contributed by atoms with Crippen LogP contribution in [0.15, 0.2) is 51.8 Å². The molecule has 0 aromatic heterocycles. The number of aryl methyl sites for hydroxylation is 1. The van der Waals surface area contributed by atoms with Gasteiger partial charge in [0.1, 0.15) is 5.75 Å². The Hall–Kier alpha value is -1.53. The van der Waals surface area contributed by atoms with Crippen LogP contribution in [0, 0.1) is 6.92 Å². The van der Waals surface area contributed by atoms with E-state index < -0.39 is 10.0 Å². The van der Waals surface area contributed by atoms with Crippen molar-refractivity contribution in [1.82, 2.24) is 0 Å². The van der Waals surface area contributed by atoms with Crippen LogP contribution >= 0.6 is 15.9 Å². The predicted octanol–water partition coefficient (Wildman–Crippen LogP) is 3.26. The highest BCUT2D eigenvalue weighted by Crippen LogP contribution is 2.23. The van der Waals surface area contributed by atoms with Gasteiger partial charge in [-0.2, -0.15) is 0 Å². The molecule has 0 aliphatic rings. The van der Waals surface area contributed by atoms with E-state index in [1.807, 2.05) is 6.92 Å². The minimum Gasteiger partial charge on any atom is -0.508 e. The minimum absolute atomic E-state index is 0.0263. The number of nitrogens with one attached hydrogen (secondary N) is 1. The molecule has 2 rings (SSSR count). The van der Waals surface area contributed by atoms with Crippen molar-refractivity contribution in [2.45, 2.75) is 11.8 Å². The van der Waals surface area contributed by atoms with E-state index in [9.17, 15) is 8.42 Å². The average molecular weight is 342 g/mol. The zero-order valence-corrected chi connectivity index (χ0v) is 12.5. The molecule has 0 fully saturated rings. The second kappa shape index (κ2) is 5.22. The molecule has 0 heterocycles. The average Bonchev–Trinajstić information content (AvgIpc) is 2.34. The van der Waals surface area contributed by atoms with Gasteiger partial charge in [-0.1, -0.05) is 15.9 Å². The molecule has 2 aromatic carbocycles. The Morgan fingerprint density at radius 2 is 1.74 bits per heavy atom. The number of anilines is 1. The van der Waals surface area contributed by atoms with Crippen LogP contribution in [0.1, 0.15) is 5.56 Å². The first-order chi connectivity index (χ1) is 8.88. The number of phenols is 1. The van der Waals surface area contributed by atoms with Gasteiger partial charge in [0.15, 0.2) is 0 Å². The summed E-state index contributed by atoms with van der Waals surface area (Å²) in [5.41, 5.74) is 1.43. The third kappa shape index (κ3) is 3.27. The van der Waals surface area contributed by atoms with Crippen molar-refractivity contribution >= 4 is 31.6 Å². The van der Waals surface area contributed by atoms with E-state index in [0.29, 0.717) is 5.69 Å². The first-order valence-corrected chi connectivity index (χ1v) is 7.74. The van der Waals surface area contributed by atoms with Crippen LogP contribution in [0.5, 0.6) is 5.75 Å². The number of benzene rings is 2. The smallest absolute Gasteiger partial charge is 0.261 e. The van der Waals surface area contributed by atoms with Crippen molar-refractivity contribution in [3.05, 3.63) is 52.5 Å². The summed E-state index contributed by atoms with van der Waals surface area (Å²) in [5.74, 6) is 0.0263. The van der Waals surface area contributed by atoms with Crippen molar-refractivity contribution < 1.29 is 13.5 Å². The summed E-state index contributed by atoms with van der Waals surface area (Å²) < 4.78 is 27.6. The van der Waals surface area contributed by atoms with E-state index in [2.05, 4.69) is 20.7 Å². The number of halogens is 1. The topological polar surface area (TPSA) is 66.4 Å². The second-order valence-corrected chi connectivity index (χ2v) is 6.60. The van der Waals surface area contributed by atoms with Crippen molar-refractivity contribution in [2.75, 3.05) is 4.72 Å². The minimum atomic E-state index is -3.64. The highest BCUT2D eigenvalue weighted by Gasteiger charge is 2.14. The van der Waals surface area contributed by atoms with Gasteiger partial charge in [-0.05, 0) is 55.0 Å². The van der Waals surface area contributed by atoms with Crippen LogP contribution in [0.3, 0.4) is 0 Å². The number of rotatable bonds is 3. The normalized spacial score (nSPS) is 11.3. The van der Waals surface area contributed by atoms with E-state index >= 15 is 0 Å². The zero-order chi connectivity index (χ0) is 14.0. The zero-order valence-electron chi connectivity index (χ0n) is 10.1. The van der Waals surface area contributed by atoms with Crippen LogP contribution in [-0.2, 0) is 10.0 Å². The van der Waals surface area contributed by atoms with Crippen molar-refractivity contribution in [2.24, 2.45) is 0 Å². The first-order valence-electron chi connectivity index (χ1n) is 5.46. The number of sulfonamides is 1. The fraction of sp³-hybridized carbons (Fsp3) is 0.0769. The van der Waals surface area contributed by atoms with Crippen LogP contribution < -0.4 is 4.72 Å². The Morgan fingerprint density at radius 3 is 2.32 bits per heavy atom. The highest BCUT2D eigenvalue weighted by atomic mass is 79.9. The highest BCUT2D eigenvalue weighted by molar-refractivity contribution is 9.10. The second-order valence-electron chi connectivity index (χ2n) is 4.06. The molecule has 6 heteroatoms. The monoisotopic (exact) mass is 341 g/mol. The summed E-state index contributed by atoms with van der Waals surface area (Å²) in [7, 11) is -3.64. The van der Waals surface area contributed by atoms with E-state index in [1.165, 1.54) is 24.3 Å². The number of phenolic OH excluding ortho intramolecular Hbond substituents is 1. The molecule has 0 saturated carbocycles. The molecule has 0 aliphatic carbocycles. The van der Waals surface area contributed by atoms with Crippen LogP contribution in [0.25, 0.3) is 0 Å². The molecule has 4 nitrogen and oxygen atoms in total. The molecule has 0 unspecified atom stereocenters. The third-order valence-electron chi connectivity index (χ3n) is 2.56. The van der Waals surface area contributed by atoms with Gasteiger partial charge < -0.3 is 5.11 Å². The molecule has 0 bridgehead atoms. The van der Waals surface area contributed by atoms with E-state index in [1.54, 1.807) is 18.2 Å². The lowest BCUT2D eigenvalue weighted by Crippen LogP contribution is -2.12. The predicted molar refractivity (Wildman–Crippen MR) is 77.8 cm³/mol. The molecule has 2 N–H and O–H groups in total. The van der Waals surface area contributed by atoms with Gasteiger partial charge in [-0.3, -0.25) is 4.72 Å². The summed E-state index contributed by atoms with van der Waals surface area (Å²) in [4.78, 5) is 0.103. The fourth-order valence-corrected chi connectivity index (χ4v) is 2.84. The van der Waals surface area contributed by atoms with E-state index in [-0.39, 0.29) is 10.6 Å². The molecule has 0 saturated heterocycles. The van der Waals surface area contributed by atoms with E-state index in [0.717, 1.165) is 10.0 Å². The van der Waals surface area contributed by atoms with Crippen LogP contribution in [0.4, 0.5) is 5.69 Å². The molecule has 2 aromatic rings. The molecule has 0 radical (unpaired) electrons. The molecule has 0 amide bonds. The third-order valence-corrected chi connectivity index (χ3v) is 4.84. The lowest BCUT2D eigenvalue weighted by Gasteiger charge is -2.09. The lowest BCUT2D eigenvalue weighted by molar-refractivity contribution is 0.475. The fourth-order valence-electron chi connectivity index (χ4n) is 1.55. The van der Waals surface area contributed by atoms with Gasteiger partial charge in [0.2, 0.25) is 0 Å². The van der Waals surface area contributed by atoms with Gasteiger partial charge in [0, 0.05) is 10.2 Å². The van der Waals surface area contributed by atoms with Crippen molar-refractivity contribution in [3.8, 4) is 5.75 Å². The number of hydrogen-bond acceptors (Lipinski definition) is 3.